The van der Waals surface area contributed by atoms with Gasteiger partial charge in [0.05, 0.1) is 6.42 Å². The fourth-order valence-electron chi connectivity index (χ4n) is 2.57. The lowest BCUT2D eigenvalue weighted by Crippen LogP contribution is -2.27. The third-order valence-electron chi connectivity index (χ3n) is 3.71. The van der Waals surface area contributed by atoms with Crippen molar-refractivity contribution in [2.24, 2.45) is 0 Å². The number of H-pyrrole nitrogens is 1. The van der Waals surface area contributed by atoms with Gasteiger partial charge in [0.25, 0.3) is 0 Å². The monoisotopic (exact) mass is 346 g/mol. The molecule has 118 valence electrons. The van der Waals surface area contributed by atoms with E-state index in [0.29, 0.717) is 23.0 Å². The topological polar surface area (TPSA) is 44.9 Å². The summed E-state index contributed by atoms with van der Waals surface area (Å²) in [6, 6.07) is 13.3. The van der Waals surface area contributed by atoms with Crippen LogP contribution in [-0.2, 0) is 17.6 Å². The van der Waals surface area contributed by atoms with Gasteiger partial charge in [-0.25, -0.2) is 0 Å². The highest BCUT2D eigenvalue weighted by Crippen LogP contribution is 2.22. The van der Waals surface area contributed by atoms with E-state index in [4.69, 9.17) is 23.2 Å². The summed E-state index contributed by atoms with van der Waals surface area (Å²) in [4.78, 5) is 15.3. The van der Waals surface area contributed by atoms with Crippen LogP contribution in [-0.4, -0.2) is 17.4 Å². The molecule has 0 fully saturated rings. The van der Waals surface area contributed by atoms with Crippen molar-refractivity contribution in [3.63, 3.8) is 0 Å². The maximum Gasteiger partial charge on any atom is 0.224 e. The van der Waals surface area contributed by atoms with Gasteiger partial charge in [-0.2, -0.15) is 0 Å². The van der Waals surface area contributed by atoms with Crippen LogP contribution in [0, 0.1) is 0 Å². The van der Waals surface area contributed by atoms with E-state index in [1.807, 2.05) is 48.7 Å². The molecule has 5 heteroatoms. The van der Waals surface area contributed by atoms with E-state index in [0.717, 1.165) is 28.5 Å². The number of aromatic amines is 1. The van der Waals surface area contributed by atoms with E-state index in [1.54, 1.807) is 0 Å². The summed E-state index contributed by atoms with van der Waals surface area (Å²) in [6.07, 6.45) is 2.94. The SMILES string of the molecule is O=C(Cc1c[nH]c2ccc(Cl)cc12)NCCc1cccc(Cl)c1. The molecule has 3 rings (SSSR count). The lowest BCUT2D eigenvalue weighted by atomic mass is 10.1. The van der Waals surface area contributed by atoms with Gasteiger partial charge in [-0.15, -0.1) is 0 Å². The van der Waals surface area contributed by atoms with E-state index in [9.17, 15) is 4.79 Å². The number of benzene rings is 2. The molecule has 0 aliphatic rings. The summed E-state index contributed by atoms with van der Waals surface area (Å²) in [5, 5.41) is 5.31. The first-order chi connectivity index (χ1) is 11.1. The van der Waals surface area contributed by atoms with Gasteiger partial charge in [0.2, 0.25) is 5.91 Å². The van der Waals surface area contributed by atoms with Gasteiger partial charge in [0, 0.05) is 33.7 Å². The van der Waals surface area contributed by atoms with Gasteiger partial charge in [-0.3, -0.25) is 4.79 Å². The van der Waals surface area contributed by atoms with Crippen LogP contribution >= 0.6 is 23.2 Å². The van der Waals surface area contributed by atoms with E-state index in [1.165, 1.54) is 0 Å². The Balaban J connectivity index is 1.57. The molecule has 0 unspecified atom stereocenters. The van der Waals surface area contributed by atoms with Gasteiger partial charge < -0.3 is 10.3 Å². The molecule has 23 heavy (non-hydrogen) atoms. The smallest absolute Gasteiger partial charge is 0.224 e. The normalized spacial score (nSPS) is 10.9. The molecular weight excluding hydrogens is 331 g/mol. The van der Waals surface area contributed by atoms with E-state index < -0.39 is 0 Å². The number of hydrogen-bond donors (Lipinski definition) is 2. The van der Waals surface area contributed by atoms with Crippen LogP contribution in [0.2, 0.25) is 10.0 Å². The van der Waals surface area contributed by atoms with Crippen molar-refractivity contribution in [3.8, 4) is 0 Å². The van der Waals surface area contributed by atoms with Gasteiger partial charge in [0.15, 0.2) is 0 Å². The van der Waals surface area contributed by atoms with Crippen LogP contribution in [0.3, 0.4) is 0 Å². The molecule has 0 saturated heterocycles. The summed E-state index contributed by atoms with van der Waals surface area (Å²) in [7, 11) is 0. The molecule has 1 aromatic heterocycles. The van der Waals surface area contributed by atoms with Crippen LogP contribution < -0.4 is 5.32 Å². The number of carbonyl (C=O) groups excluding carboxylic acids is 1. The Labute approximate surface area is 144 Å². The highest BCUT2D eigenvalue weighted by Gasteiger charge is 2.09. The molecule has 0 aliphatic heterocycles. The lowest BCUT2D eigenvalue weighted by Gasteiger charge is -2.05. The molecule has 1 heterocycles. The first kappa shape index (κ1) is 15.9. The Morgan fingerprint density at radius 2 is 1.91 bits per heavy atom. The summed E-state index contributed by atoms with van der Waals surface area (Å²) in [5.41, 5.74) is 3.04. The van der Waals surface area contributed by atoms with E-state index >= 15 is 0 Å². The second-order valence-corrected chi connectivity index (χ2v) is 6.28. The lowest BCUT2D eigenvalue weighted by molar-refractivity contribution is -0.120. The molecule has 2 aromatic carbocycles. The predicted octanol–water partition coefficient (Wildman–Crippen LogP) is 4.38. The minimum atomic E-state index is -0.00657. The maximum atomic E-state index is 12.1. The Morgan fingerprint density at radius 3 is 2.74 bits per heavy atom. The molecule has 3 nitrogen and oxygen atoms in total. The van der Waals surface area contributed by atoms with Gasteiger partial charge in [-0.1, -0.05) is 35.3 Å². The second-order valence-electron chi connectivity index (χ2n) is 5.41. The number of halogens is 2. The molecule has 1 amide bonds. The number of aromatic nitrogens is 1. The number of nitrogens with one attached hydrogen (secondary N) is 2. The Hall–Kier alpha value is -1.97. The molecule has 0 spiro atoms. The average molecular weight is 347 g/mol. The molecule has 0 atom stereocenters. The predicted molar refractivity (Wildman–Crippen MR) is 95.2 cm³/mol. The van der Waals surface area contributed by atoms with E-state index in [2.05, 4.69) is 10.3 Å². The van der Waals surface area contributed by atoms with Crippen LogP contribution in [0.15, 0.2) is 48.7 Å². The maximum absolute atomic E-state index is 12.1. The van der Waals surface area contributed by atoms with Crippen LogP contribution in [0.4, 0.5) is 0 Å². The highest BCUT2D eigenvalue weighted by molar-refractivity contribution is 6.31. The van der Waals surface area contributed by atoms with Crippen molar-refractivity contribution in [2.45, 2.75) is 12.8 Å². The summed E-state index contributed by atoms with van der Waals surface area (Å²) < 4.78 is 0. The van der Waals surface area contributed by atoms with Crippen molar-refractivity contribution in [1.29, 1.82) is 0 Å². The van der Waals surface area contributed by atoms with Crippen LogP contribution in [0.1, 0.15) is 11.1 Å². The quantitative estimate of drug-likeness (QED) is 0.707. The molecule has 0 radical (unpaired) electrons. The number of hydrogen-bond acceptors (Lipinski definition) is 1. The Kier molecular flexibility index (Phi) is 4.89. The average Bonchev–Trinajstić information content (AvgIpc) is 2.90. The van der Waals surface area contributed by atoms with E-state index in [-0.39, 0.29) is 5.91 Å². The zero-order valence-corrected chi connectivity index (χ0v) is 13.9. The van der Waals surface area contributed by atoms with Crippen molar-refractivity contribution < 1.29 is 4.79 Å². The largest absolute Gasteiger partial charge is 0.361 e. The zero-order valence-electron chi connectivity index (χ0n) is 12.4. The first-order valence-corrected chi connectivity index (χ1v) is 8.14. The molecule has 0 bridgehead atoms. The molecule has 0 saturated carbocycles. The Bertz CT molecular complexity index is 842. The fourth-order valence-corrected chi connectivity index (χ4v) is 2.96. The van der Waals surface area contributed by atoms with Gasteiger partial charge >= 0.3 is 0 Å². The summed E-state index contributed by atoms with van der Waals surface area (Å²) in [6.45, 7) is 0.586. The standard InChI is InChI=1S/C18H16Cl2N2O/c19-14-3-1-2-12(8-14)6-7-21-18(23)9-13-11-22-17-5-4-15(20)10-16(13)17/h1-5,8,10-11,22H,6-7,9H2,(H,21,23). The summed E-state index contributed by atoms with van der Waals surface area (Å²) in [5.74, 6) is -0.00657. The fraction of sp³-hybridized carbons (Fsp3) is 0.167. The van der Waals surface area contributed by atoms with Crippen molar-refractivity contribution >= 4 is 40.0 Å². The molecule has 2 N–H and O–H groups in total. The first-order valence-electron chi connectivity index (χ1n) is 7.38. The second kappa shape index (κ2) is 7.07. The number of carbonyl (C=O) groups is 1. The van der Waals surface area contributed by atoms with Crippen molar-refractivity contribution in [1.82, 2.24) is 10.3 Å². The number of rotatable bonds is 5. The molecule has 0 aliphatic carbocycles. The molecular formula is C18H16Cl2N2O. The third-order valence-corrected chi connectivity index (χ3v) is 4.18. The van der Waals surface area contributed by atoms with Crippen LogP contribution in [0.25, 0.3) is 10.9 Å². The third kappa shape index (κ3) is 4.06. The number of amides is 1. The summed E-state index contributed by atoms with van der Waals surface area (Å²) >= 11 is 12.0. The van der Waals surface area contributed by atoms with Gasteiger partial charge in [0.1, 0.15) is 0 Å². The van der Waals surface area contributed by atoms with Crippen molar-refractivity contribution in [3.05, 3.63) is 69.8 Å². The number of fused-ring (bicyclic) bond motifs is 1. The minimum Gasteiger partial charge on any atom is -0.361 e. The van der Waals surface area contributed by atoms with Gasteiger partial charge in [-0.05, 0) is 47.9 Å². The molecule has 3 aromatic rings. The zero-order chi connectivity index (χ0) is 16.2. The van der Waals surface area contributed by atoms with Crippen molar-refractivity contribution in [2.75, 3.05) is 6.54 Å². The minimum absolute atomic E-state index is 0.00657. The Morgan fingerprint density at radius 1 is 1.09 bits per heavy atom. The van der Waals surface area contributed by atoms with Crippen LogP contribution in [0.5, 0.6) is 0 Å². The highest BCUT2D eigenvalue weighted by atomic mass is 35.5.